The summed E-state index contributed by atoms with van der Waals surface area (Å²) in [5.41, 5.74) is 9.62. The number of para-hydroxylation sites is 2. The van der Waals surface area contributed by atoms with Crippen molar-refractivity contribution in [3.63, 3.8) is 0 Å². The lowest BCUT2D eigenvalue weighted by Crippen LogP contribution is -2.21. The fourth-order valence-corrected chi connectivity index (χ4v) is 11.3. The minimum atomic E-state index is 0.586. The number of rotatable bonds is 3. The van der Waals surface area contributed by atoms with Crippen LogP contribution in [0.1, 0.15) is 5.56 Å². The van der Waals surface area contributed by atoms with Crippen LogP contribution in [0.2, 0.25) is 0 Å². The third-order valence-corrected chi connectivity index (χ3v) is 13.7. The van der Waals surface area contributed by atoms with Gasteiger partial charge in [-0.05, 0) is 58.8 Å². The highest BCUT2D eigenvalue weighted by Gasteiger charge is 2.28. The van der Waals surface area contributed by atoms with Gasteiger partial charge in [-0.1, -0.05) is 134 Å². The van der Waals surface area contributed by atoms with Gasteiger partial charge in [-0.2, -0.15) is 0 Å². The van der Waals surface area contributed by atoms with Gasteiger partial charge in [0.2, 0.25) is 5.95 Å². The van der Waals surface area contributed by atoms with E-state index in [9.17, 15) is 0 Å². The van der Waals surface area contributed by atoms with Crippen molar-refractivity contribution in [2.75, 3.05) is 11.4 Å². The second-order valence-electron chi connectivity index (χ2n) is 14.6. The Balaban J connectivity index is 1.18. The third kappa shape index (κ3) is 4.84. The van der Waals surface area contributed by atoms with Gasteiger partial charge in [0.1, 0.15) is 0 Å². The maximum atomic E-state index is 5.65. The Morgan fingerprint density at radius 3 is 2.07 bits per heavy atom. The SMILES string of the molecule is C=C1/C=C\C=C/CN(c2nc(-c3ccc4c(c3)c3ccccc3n4-c3ccccc3)c3sc4ccccc4c3n2)c2c1c1ccccc1c1c2sc2ccccc21. The van der Waals surface area contributed by atoms with E-state index in [4.69, 9.17) is 9.97 Å². The second-order valence-corrected chi connectivity index (χ2v) is 16.7. The highest BCUT2D eigenvalue weighted by molar-refractivity contribution is 7.27. The monoisotopic (exact) mass is 764 g/mol. The summed E-state index contributed by atoms with van der Waals surface area (Å²) in [6.07, 6.45) is 8.55. The minimum Gasteiger partial charge on any atom is -0.309 e. The van der Waals surface area contributed by atoms with E-state index < -0.39 is 0 Å². The Hall–Kier alpha value is -6.86. The topological polar surface area (TPSA) is 34.0 Å². The second kappa shape index (κ2) is 12.6. The molecule has 0 radical (unpaired) electrons. The largest absolute Gasteiger partial charge is 0.309 e. The zero-order chi connectivity index (χ0) is 37.6. The summed E-state index contributed by atoms with van der Waals surface area (Å²) in [7, 11) is 0. The number of anilines is 2. The van der Waals surface area contributed by atoms with Gasteiger partial charge < -0.3 is 9.47 Å². The van der Waals surface area contributed by atoms with Crippen LogP contribution in [0.15, 0.2) is 176 Å². The van der Waals surface area contributed by atoms with E-state index in [-0.39, 0.29) is 0 Å². The van der Waals surface area contributed by atoms with Crippen LogP contribution in [0.25, 0.3) is 95.6 Å². The molecule has 0 spiro atoms. The van der Waals surface area contributed by atoms with Crippen molar-refractivity contribution in [1.82, 2.24) is 14.5 Å². The molecule has 0 bridgehead atoms. The van der Waals surface area contributed by atoms with Gasteiger partial charge in [0, 0.05) is 59.7 Å². The van der Waals surface area contributed by atoms with E-state index in [0.717, 1.165) is 54.9 Å². The number of nitrogens with zero attached hydrogens (tertiary/aromatic N) is 4. The summed E-state index contributed by atoms with van der Waals surface area (Å²) in [5, 5.41) is 8.47. The Bertz CT molecular complexity index is 3530. The van der Waals surface area contributed by atoms with E-state index in [2.05, 4.69) is 186 Å². The molecule has 1 aliphatic rings. The Kier molecular flexibility index (Phi) is 7.15. The molecule has 0 saturated carbocycles. The maximum Gasteiger partial charge on any atom is 0.231 e. The lowest BCUT2D eigenvalue weighted by atomic mass is 9.93. The lowest BCUT2D eigenvalue weighted by molar-refractivity contribution is 1.01. The summed E-state index contributed by atoms with van der Waals surface area (Å²) in [4.78, 5) is 13.5. The number of aromatic nitrogens is 3. The van der Waals surface area contributed by atoms with Crippen LogP contribution in [0.3, 0.4) is 0 Å². The molecule has 5 heterocycles. The van der Waals surface area contributed by atoms with Crippen LogP contribution < -0.4 is 4.90 Å². The average Bonchev–Trinajstić information content (AvgIpc) is 3.95. The van der Waals surface area contributed by atoms with E-state index in [1.807, 2.05) is 11.3 Å². The maximum absolute atomic E-state index is 5.65. The molecule has 11 aromatic rings. The van der Waals surface area contributed by atoms with E-state index in [1.54, 1.807) is 11.3 Å². The molecule has 6 heteroatoms. The van der Waals surface area contributed by atoms with Gasteiger partial charge in [-0.15, -0.1) is 22.7 Å². The van der Waals surface area contributed by atoms with Crippen molar-refractivity contribution in [2.24, 2.45) is 0 Å². The zero-order valence-electron chi connectivity index (χ0n) is 30.7. The van der Waals surface area contributed by atoms with Crippen LogP contribution >= 0.6 is 22.7 Å². The molecule has 0 amide bonds. The number of allylic oxidation sites excluding steroid dienone is 4. The minimum absolute atomic E-state index is 0.586. The molecule has 268 valence electrons. The Morgan fingerprint density at radius 1 is 0.561 bits per heavy atom. The van der Waals surface area contributed by atoms with Crippen molar-refractivity contribution < 1.29 is 0 Å². The van der Waals surface area contributed by atoms with Crippen LogP contribution in [0.5, 0.6) is 0 Å². The normalized spacial score (nSPS) is 14.5. The summed E-state index contributed by atoms with van der Waals surface area (Å²) >= 11 is 3.61. The van der Waals surface area contributed by atoms with Gasteiger partial charge in [-0.25, -0.2) is 9.97 Å². The molecular formula is C51H32N4S2. The van der Waals surface area contributed by atoms with Gasteiger partial charge in [-0.3, -0.25) is 0 Å². The van der Waals surface area contributed by atoms with Gasteiger partial charge in [0.15, 0.2) is 0 Å². The molecule has 4 nitrogen and oxygen atoms in total. The molecule has 0 aliphatic carbocycles. The predicted octanol–water partition coefficient (Wildman–Crippen LogP) is 14.4. The fourth-order valence-electron chi connectivity index (χ4n) is 8.87. The quantitative estimate of drug-likeness (QED) is 0.180. The number of hydrogen-bond acceptors (Lipinski definition) is 5. The number of fused-ring (bicyclic) bond motifs is 14. The predicted molar refractivity (Wildman–Crippen MR) is 246 cm³/mol. The first-order chi connectivity index (χ1) is 28.2. The summed E-state index contributed by atoms with van der Waals surface area (Å²) in [6, 6.07) is 52.3. The first-order valence-electron chi connectivity index (χ1n) is 19.2. The molecule has 57 heavy (non-hydrogen) atoms. The standard InChI is InChI=1S/C51H32N4S2/c1-31-16-4-3-15-29-54(48-44(31)35-20-7-8-21-36(35)45-37-22-10-13-25-42(37)56-49(45)48)51-52-46(50-47(53-51)38-23-11-14-26-43(38)57-50)32-27-28-41-39(30-32)34-19-9-12-24-40(34)55(41)33-17-5-2-6-18-33/h2-28,30H,1,29H2/b15-3-,16-4-. The van der Waals surface area contributed by atoms with E-state index in [0.29, 0.717) is 12.5 Å². The number of thiophene rings is 2. The van der Waals surface area contributed by atoms with Crippen molar-refractivity contribution in [2.45, 2.75) is 0 Å². The first-order valence-corrected chi connectivity index (χ1v) is 20.8. The molecule has 12 rings (SSSR count). The number of hydrogen-bond donors (Lipinski definition) is 0. The molecular weight excluding hydrogens is 733 g/mol. The number of benzene rings is 7. The van der Waals surface area contributed by atoms with Crippen LogP contribution in [-0.2, 0) is 0 Å². The molecule has 1 aliphatic heterocycles. The average molecular weight is 765 g/mol. The van der Waals surface area contributed by atoms with Crippen molar-refractivity contribution >= 4 is 113 Å². The van der Waals surface area contributed by atoms with Crippen molar-refractivity contribution in [1.29, 1.82) is 0 Å². The summed E-state index contributed by atoms with van der Waals surface area (Å²) in [6.45, 7) is 5.27. The van der Waals surface area contributed by atoms with Crippen LogP contribution in [0.4, 0.5) is 11.6 Å². The Morgan fingerprint density at radius 2 is 1.23 bits per heavy atom. The van der Waals surface area contributed by atoms with E-state index >= 15 is 0 Å². The molecule has 0 saturated heterocycles. The Labute approximate surface area is 336 Å². The summed E-state index contributed by atoms with van der Waals surface area (Å²) in [5.74, 6) is 0.669. The summed E-state index contributed by atoms with van der Waals surface area (Å²) < 4.78 is 7.12. The van der Waals surface area contributed by atoms with Crippen molar-refractivity contribution in [3.8, 4) is 16.9 Å². The molecule has 0 N–H and O–H groups in total. The highest BCUT2D eigenvalue weighted by Crippen LogP contribution is 2.51. The lowest BCUT2D eigenvalue weighted by Gasteiger charge is -2.27. The van der Waals surface area contributed by atoms with Gasteiger partial charge in [0.25, 0.3) is 0 Å². The molecule has 0 unspecified atom stereocenters. The third-order valence-electron chi connectivity index (χ3n) is 11.3. The molecule has 0 fully saturated rings. The molecule has 0 atom stereocenters. The van der Waals surface area contributed by atoms with E-state index in [1.165, 1.54) is 51.9 Å². The molecule has 7 aromatic carbocycles. The van der Waals surface area contributed by atoms with Crippen molar-refractivity contribution in [3.05, 3.63) is 182 Å². The van der Waals surface area contributed by atoms with Crippen LogP contribution in [0, 0.1) is 0 Å². The smallest absolute Gasteiger partial charge is 0.231 e. The van der Waals surface area contributed by atoms with Gasteiger partial charge >= 0.3 is 0 Å². The first kappa shape index (κ1) is 32.4. The van der Waals surface area contributed by atoms with Crippen LogP contribution in [-0.4, -0.2) is 21.1 Å². The fraction of sp³-hybridized carbons (Fsp3) is 0.0196. The zero-order valence-corrected chi connectivity index (χ0v) is 32.3. The molecule has 4 aromatic heterocycles. The van der Waals surface area contributed by atoms with Gasteiger partial charge in [0.05, 0.1) is 37.3 Å². The highest BCUT2D eigenvalue weighted by atomic mass is 32.1.